The second-order valence-electron chi connectivity index (χ2n) is 7.74. The number of benzene rings is 2. The van der Waals surface area contributed by atoms with Gasteiger partial charge in [0.1, 0.15) is 0 Å². The minimum atomic E-state index is -0.524. The van der Waals surface area contributed by atoms with Crippen LogP contribution in [0.15, 0.2) is 36.4 Å². The molecular formula is C20H21BO3. The minimum Gasteiger partial charge on any atom is -0.399 e. The molecule has 0 N–H and O–H groups in total. The van der Waals surface area contributed by atoms with Crippen molar-refractivity contribution in [2.45, 2.75) is 45.8 Å². The van der Waals surface area contributed by atoms with Crippen LogP contribution in [0.1, 0.15) is 49.2 Å². The normalized spacial score (nSPS) is 20.2. The van der Waals surface area contributed by atoms with Crippen LogP contribution in [0.3, 0.4) is 0 Å². The van der Waals surface area contributed by atoms with Crippen LogP contribution in [0.4, 0.5) is 0 Å². The van der Waals surface area contributed by atoms with E-state index in [1.807, 2.05) is 71.0 Å². The number of carbonyl (C=O) groups excluding carboxylic acids is 1. The lowest BCUT2D eigenvalue weighted by Gasteiger charge is -2.32. The van der Waals surface area contributed by atoms with Gasteiger partial charge in [-0.05, 0) is 57.3 Å². The summed E-state index contributed by atoms with van der Waals surface area (Å²) in [6.45, 7) is 10.1. The van der Waals surface area contributed by atoms with Gasteiger partial charge in [0.15, 0.2) is 5.78 Å². The molecule has 0 radical (unpaired) electrons. The molecule has 1 aliphatic carbocycles. The molecule has 2 aromatic rings. The minimum absolute atomic E-state index is 0.0639. The van der Waals surface area contributed by atoms with Gasteiger partial charge in [-0.25, -0.2) is 0 Å². The van der Waals surface area contributed by atoms with Gasteiger partial charge < -0.3 is 9.31 Å². The molecule has 0 aromatic heterocycles. The van der Waals surface area contributed by atoms with Crippen molar-refractivity contribution in [2.24, 2.45) is 0 Å². The van der Waals surface area contributed by atoms with E-state index < -0.39 is 18.3 Å². The van der Waals surface area contributed by atoms with Crippen LogP contribution in [0.2, 0.25) is 0 Å². The van der Waals surface area contributed by atoms with E-state index in [4.69, 9.17) is 9.31 Å². The molecule has 0 bridgehead atoms. The predicted molar refractivity (Wildman–Crippen MR) is 95.8 cm³/mol. The third kappa shape index (κ3) is 2.03. The van der Waals surface area contributed by atoms with Crippen molar-refractivity contribution < 1.29 is 14.1 Å². The summed E-state index contributed by atoms with van der Waals surface area (Å²) >= 11 is 0. The fourth-order valence-electron chi connectivity index (χ4n) is 3.43. The Balaban J connectivity index is 1.85. The first-order chi connectivity index (χ1) is 11.2. The SMILES string of the molecule is Cc1ccc2c(c1)C(=O)c1c(B3OC(C)(C)C(C)(C)O3)cccc1-2. The highest BCUT2D eigenvalue weighted by molar-refractivity contribution is 6.64. The number of hydrogen-bond donors (Lipinski definition) is 0. The first-order valence-electron chi connectivity index (χ1n) is 8.35. The van der Waals surface area contributed by atoms with Crippen molar-refractivity contribution in [2.75, 3.05) is 0 Å². The first kappa shape index (κ1) is 15.6. The number of aryl methyl sites for hydroxylation is 1. The van der Waals surface area contributed by atoms with Crippen molar-refractivity contribution in [3.63, 3.8) is 0 Å². The molecular weight excluding hydrogens is 299 g/mol. The number of rotatable bonds is 1. The van der Waals surface area contributed by atoms with Gasteiger partial charge in [-0.15, -0.1) is 0 Å². The third-order valence-electron chi connectivity index (χ3n) is 5.54. The Labute approximate surface area is 143 Å². The second-order valence-corrected chi connectivity index (χ2v) is 7.74. The van der Waals surface area contributed by atoms with Crippen LogP contribution in [-0.2, 0) is 9.31 Å². The molecule has 1 fully saturated rings. The quantitative estimate of drug-likeness (QED) is 0.644. The summed E-state index contributed by atoms with van der Waals surface area (Å²) in [5.74, 6) is 0.0639. The zero-order chi connectivity index (χ0) is 17.3. The summed E-state index contributed by atoms with van der Waals surface area (Å²) in [7, 11) is -0.524. The van der Waals surface area contributed by atoms with E-state index in [9.17, 15) is 4.79 Å². The van der Waals surface area contributed by atoms with E-state index in [1.54, 1.807) is 0 Å². The molecule has 0 saturated carbocycles. The third-order valence-corrected chi connectivity index (χ3v) is 5.54. The van der Waals surface area contributed by atoms with Gasteiger partial charge in [0.05, 0.1) is 11.2 Å². The highest BCUT2D eigenvalue weighted by Gasteiger charge is 2.53. The zero-order valence-electron chi connectivity index (χ0n) is 14.8. The van der Waals surface area contributed by atoms with Crippen LogP contribution in [0, 0.1) is 6.92 Å². The lowest BCUT2D eigenvalue weighted by atomic mass is 9.74. The fourth-order valence-corrected chi connectivity index (χ4v) is 3.43. The Bertz CT molecular complexity index is 851. The number of carbonyl (C=O) groups is 1. The fraction of sp³-hybridized carbons (Fsp3) is 0.350. The van der Waals surface area contributed by atoms with Crippen molar-refractivity contribution in [3.8, 4) is 11.1 Å². The lowest BCUT2D eigenvalue weighted by Crippen LogP contribution is -2.41. The monoisotopic (exact) mass is 320 g/mol. The van der Waals surface area contributed by atoms with Crippen molar-refractivity contribution >= 4 is 18.4 Å². The van der Waals surface area contributed by atoms with Gasteiger partial charge in [-0.2, -0.15) is 0 Å². The van der Waals surface area contributed by atoms with Gasteiger partial charge in [-0.1, -0.05) is 35.9 Å². The second kappa shape index (κ2) is 4.81. The first-order valence-corrected chi connectivity index (χ1v) is 8.35. The molecule has 24 heavy (non-hydrogen) atoms. The molecule has 0 atom stereocenters. The Hall–Kier alpha value is -1.91. The maximum atomic E-state index is 13.0. The van der Waals surface area contributed by atoms with Gasteiger partial charge >= 0.3 is 7.12 Å². The van der Waals surface area contributed by atoms with Crippen LogP contribution in [0.25, 0.3) is 11.1 Å². The summed E-state index contributed by atoms with van der Waals surface area (Å²) in [4.78, 5) is 13.0. The Morgan fingerprint density at radius 2 is 1.54 bits per heavy atom. The van der Waals surface area contributed by atoms with Gasteiger partial charge in [0, 0.05) is 11.1 Å². The summed E-state index contributed by atoms with van der Waals surface area (Å²) in [5.41, 5.74) is 4.53. The van der Waals surface area contributed by atoms with E-state index >= 15 is 0 Å². The molecule has 0 unspecified atom stereocenters. The molecule has 1 saturated heterocycles. The maximum absolute atomic E-state index is 13.0. The molecule has 122 valence electrons. The van der Waals surface area contributed by atoms with Crippen molar-refractivity contribution in [1.82, 2.24) is 0 Å². The zero-order valence-corrected chi connectivity index (χ0v) is 14.8. The van der Waals surface area contributed by atoms with Crippen LogP contribution < -0.4 is 5.46 Å². The molecule has 1 heterocycles. The predicted octanol–water partition coefficient (Wildman–Crippen LogP) is 3.51. The van der Waals surface area contributed by atoms with Crippen molar-refractivity contribution in [3.05, 3.63) is 53.1 Å². The van der Waals surface area contributed by atoms with E-state index in [2.05, 4.69) is 0 Å². The Morgan fingerprint density at radius 1 is 0.875 bits per heavy atom. The molecule has 2 aliphatic rings. The summed E-state index contributed by atoms with van der Waals surface area (Å²) in [6, 6.07) is 12.0. The Morgan fingerprint density at radius 3 is 2.21 bits per heavy atom. The highest BCUT2D eigenvalue weighted by atomic mass is 16.7. The average molecular weight is 320 g/mol. The lowest BCUT2D eigenvalue weighted by molar-refractivity contribution is 0.00578. The topological polar surface area (TPSA) is 35.5 Å². The Kier molecular flexibility index (Phi) is 3.13. The average Bonchev–Trinajstić information content (AvgIpc) is 2.90. The van der Waals surface area contributed by atoms with E-state index in [0.29, 0.717) is 0 Å². The van der Waals surface area contributed by atoms with E-state index in [1.165, 1.54) is 0 Å². The molecule has 3 nitrogen and oxygen atoms in total. The van der Waals surface area contributed by atoms with Crippen LogP contribution in [-0.4, -0.2) is 24.1 Å². The molecule has 4 rings (SSSR count). The van der Waals surface area contributed by atoms with Crippen LogP contribution in [0.5, 0.6) is 0 Å². The molecule has 2 aromatic carbocycles. The summed E-state index contributed by atoms with van der Waals surface area (Å²) < 4.78 is 12.3. The van der Waals surface area contributed by atoms with Crippen molar-refractivity contribution in [1.29, 1.82) is 0 Å². The summed E-state index contributed by atoms with van der Waals surface area (Å²) in [5, 5.41) is 0. The summed E-state index contributed by atoms with van der Waals surface area (Å²) in [6.07, 6.45) is 0. The standard InChI is InChI=1S/C20H21BO3/c1-12-9-10-13-14-7-6-8-16(17(14)18(22)15(13)11-12)21-23-19(2,3)20(4,5)24-21/h6-11H,1-5H3. The van der Waals surface area contributed by atoms with Crippen LogP contribution >= 0.6 is 0 Å². The van der Waals surface area contributed by atoms with E-state index in [0.717, 1.165) is 33.3 Å². The number of ketones is 1. The van der Waals surface area contributed by atoms with E-state index in [-0.39, 0.29) is 5.78 Å². The highest BCUT2D eigenvalue weighted by Crippen LogP contribution is 2.40. The number of fused-ring (bicyclic) bond motifs is 3. The molecule has 0 amide bonds. The number of hydrogen-bond acceptors (Lipinski definition) is 3. The molecule has 4 heteroatoms. The van der Waals surface area contributed by atoms with Gasteiger partial charge in [0.2, 0.25) is 0 Å². The largest absolute Gasteiger partial charge is 0.495 e. The molecule has 0 spiro atoms. The smallest absolute Gasteiger partial charge is 0.399 e. The van der Waals surface area contributed by atoms with Gasteiger partial charge in [0.25, 0.3) is 0 Å². The van der Waals surface area contributed by atoms with Gasteiger partial charge in [-0.3, -0.25) is 4.79 Å². The maximum Gasteiger partial charge on any atom is 0.495 e. The molecule has 1 aliphatic heterocycles.